The summed E-state index contributed by atoms with van der Waals surface area (Å²) in [4.78, 5) is 4.69. The maximum atomic E-state index is 12.9. The van der Waals surface area contributed by atoms with Crippen LogP contribution < -0.4 is 4.72 Å². The molecule has 5 rings (SSSR count). The molecule has 2 aromatic carbocycles. The third-order valence-corrected chi connectivity index (χ3v) is 6.11. The van der Waals surface area contributed by atoms with Crippen LogP contribution in [0.15, 0.2) is 77.6 Å². The molecule has 0 amide bonds. The number of sulfonamides is 1. The second kappa shape index (κ2) is 7.00. The number of pyridine rings is 1. The highest BCUT2D eigenvalue weighted by atomic mass is 32.2. The van der Waals surface area contributed by atoms with Gasteiger partial charge in [-0.3, -0.25) is 4.72 Å². The van der Waals surface area contributed by atoms with Gasteiger partial charge in [0.15, 0.2) is 5.58 Å². The maximum Gasteiger partial charge on any atom is 0.238 e. The van der Waals surface area contributed by atoms with Gasteiger partial charge in [-0.25, -0.2) is 13.4 Å². The van der Waals surface area contributed by atoms with Crippen LogP contribution in [0.5, 0.6) is 0 Å². The molecule has 0 radical (unpaired) electrons. The van der Waals surface area contributed by atoms with Gasteiger partial charge in [0.1, 0.15) is 17.1 Å². The number of nitrogens with zero attached hydrogens (tertiary/aromatic N) is 3. The summed E-state index contributed by atoms with van der Waals surface area (Å²) in [6.45, 7) is 1.99. The summed E-state index contributed by atoms with van der Waals surface area (Å²) in [5, 5.41) is 4.62. The third-order valence-electron chi connectivity index (χ3n) is 4.93. The summed E-state index contributed by atoms with van der Waals surface area (Å²) in [5.74, 6) is -0.289. The Hall–Kier alpha value is -3.65. The number of anilines is 1. The number of rotatable bonds is 5. The van der Waals surface area contributed by atoms with E-state index in [2.05, 4.69) is 9.88 Å². The lowest BCUT2D eigenvalue weighted by Crippen LogP contribution is -2.16. The standard InChI is InChI=1S/C22H18N4O3S/c1-15-7-6-12-26-13-19(23-22(15)26)16-8-2-4-10-18(16)25-30(27,28)14-20-17-9-3-5-11-21(17)29-24-20/h2-13,25H,14H2,1H3. The zero-order chi connectivity index (χ0) is 20.7. The van der Waals surface area contributed by atoms with Gasteiger partial charge in [0, 0.05) is 23.3 Å². The highest BCUT2D eigenvalue weighted by Crippen LogP contribution is 2.29. The first-order chi connectivity index (χ1) is 14.5. The predicted molar refractivity (Wildman–Crippen MR) is 116 cm³/mol. The fraction of sp³-hybridized carbons (Fsp3) is 0.0909. The van der Waals surface area contributed by atoms with Gasteiger partial charge in [0.25, 0.3) is 0 Å². The van der Waals surface area contributed by atoms with Crippen LogP contribution >= 0.6 is 0 Å². The van der Waals surface area contributed by atoms with E-state index < -0.39 is 10.0 Å². The maximum absolute atomic E-state index is 12.9. The summed E-state index contributed by atoms with van der Waals surface area (Å²) < 4.78 is 35.6. The third kappa shape index (κ3) is 3.31. The van der Waals surface area contributed by atoms with E-state index in [0.717, 1.165) is 11.2 Å². The molecule has 8 heteroatoms. The molecule has 30 heavy (non-hydrogen) atoms. The van der Waals surface area contributed by atoms with Crippen LogP contribution in [0, 0.1) is 6.92 Å². The Kier molecular flexibility index (Phi) is 4.29. The van der Waals surface area contributed by atoms with Crippen molar-refractivity contribution in [1.82, 2.24) is 14.5 Å². The second-order valence-electron chi connectivity index (χ2n) is 7.08. The van der Waals surface area contributed by atoms with E-state index in [1.54, 1.807) is 24.3 Å². The zero-order valence-corrected chi connectivity index (χ0v) is 16.9. The number of aromatic nitrogens is 3. The number of imidazole rings is 1. The number of benzene rings is 2. The normalized spacial score (nSPS) is 11.9. The molecule has 1 N–H and O–H groups in total. The van der Waals surface area contributed by atoms with Gasteiger partial charge >= 0.3 is 0 Å². The molecule has 3 heterocycles. The molecule has 0 fully saturated rings. The number of hydrogen-bond acceptors (Lipinski definition) is 5. The topological polar surface area (TPSA) is 89.5 Å². The highest BCUT2D eigenvalue weighted by molar-refractivity contribution is 7.91. The smallest absolute Gasteiger partial charge is 0.238 e. The van der Waals surface area contributed by atoms with Crippen molar-refractivity contribution in [1.29, 1.82) is 0 Å². The molecule has 150 valence electrons. The van der Waals surface area contributed by atoms with Gasteiger partial charge in [0.2, 0.25) is 10.0 Å². The monoisotopic (exact) mass is 418 g/mol. The lowest BCUT2D eigenvalue weighted by Gasteiger charge is -2.10. The number of aryl methyl sites for hydroxylation is 1. The van der Waals surface area contributed by atoms with Crippen LogP contribution in [-0.2, 0) is 15.8 Å². The molecular formula is C22H18N4O3S. The van der Waals surface area contributed by atoms with Crippen LogP contribution in [0.3, 0.4) is 0 Å². The Labute approximate surface area is 173 Å². The van der Waals surface area contributed by atoms with E-state index in [1.165, 1.54) is 0 Å². The van der Waals surface area contributed by atoms with Crippen molar-refractivity contribution in [3.05, 3.63) is 84.3 Å². The second-order valence-corrected chi connectivity index (χ2v) is 8.80. The molecule has 0 unspecified atom stereocenters. The molecule has 0 atom stereocenters. The predicted octanol–water partition coefficient (Wildman–Crippen LogP) is 4.39. The average molecular weight is 418 g/mol. The van der Waals surface area contributed by atoms with Gasteiger partial charge in [-0.1, -0.05) is 41.6 Å². The van der Waals surface area contributed by atoms with Crippen LogP contribution in [0.2, 0.25) is 0 Å². The van der Waals surface area contributed by atoms with Crippen molar-refractivity contribution in [2.75, 3.05) is 4.72 Å². The largest absolute Gasteiger partial charge is 0.356 e. The molecule has 3 aromatic heterocycles. The minimum Gasteiger partial charge on any atom is -0.356 e. The minimum absolute atomic E-state index is 0.289. The first kappa shape index (κ1) is 18.4. The molecule has 0 bridgehead atoms. The van der Waals surface area contributed by atoms with Crippen molar-refractivity contribution in [2.45, 2.75) is 12.7 Å². The minimum atomic E-state index is -3.72. The highest BCUT2D eigenvalue weighted by Gasteiger charge is 2.20. The average Bonchev–Trinajstić information content (AvgIpc) is 3.33. The number of hydrogen-bond donors (Lipinski definition) is 1. The van der Waals surface area contributed by atoms with Crippen molar-refractivity contribution >= 4 is 32.3 Å². The summed E-state index contributed by atoms with van der Waals surface area (Å²) in [6.07, 6.45) is 3.81. The van der Waals surface area contributed by atoms with Crippen LogP contribution in [0.25, 0.3) is 27.9 Å². The summed E-state index contributed by atoms with van der Waals surface area (Å²) >= 11 is 0. The Morgan fingerprint density at radius 3 is 2.70 bits per heavy atom. The lowest BCUT2D eigenvalue weighted by atomic mass is 10.1. The molecule has 0 aliphatic carbocycles. The Morgan fingerprint density at radius 1 is 1.03 bits per heavy atom. The van der Waals surface area contributed by atoms with Gasteiger partial charge in [-0.2, -0.15) is 0 Å². The van der Waals surface area contributed by atoms with Crippen molar-refractivity contribution in [2.24, 2.45) is 0 Å². The van der Waals surface area contributed by atoms with E-state index in [1.807, 2.05) is 60.1 Å². The first-order valence-corrected chi connectivity index (χ1v) is 11.0. The first-order valence-electron chi connectivity index (χ1n) is 9.38. The summed E-state index contributed by atoms with van der Waals surface area (Å²) in [7, 11) is -3.72. The summed E-state index contributed by atoms with van der Waals surface area (Å²) in [6, 6.07) is 18.3. The molecule has 7 nitrogen and oxygen atoms in total. The number of nitrogens with one attached hydrogen (secondary N) is 1. The van der Waals surface area contributed by atoms with E-state index in [0.29, 0.717) is 33.6 Å². The Balaban J connectivity index is 1.49. The van der Waals surface area contributed by atoms with Crippen LogP contribution in [0.4, 0.5) is 5.69 Å². The summed E-state index contributed by atoms with van der Waals surface area (Å²) in [5.41, 5.74) is 4.66. The quantitative estimate of drug-likeness (QED) is 0.457. The Morgan fingerprint density at radius 2 is 1.83 bits per heavy atom. The molecule has 0 aliphatic heterocycles. The molecule has 0 saturated heterocycles. The van der Waals surface area contributed by atoms with Gasteiger partial charge in [-0.15, -0.1) is 0 Å². The number of fused-ring (bicyclic) bond motifs is 2. The van der Waals surface area contributed by atoms with Gasteiger partial charge < -0.3 is 8.92 Å². The van der Waals surface area contributed by atoms with E-state index >= 15 is 0 Å². The van der Waals surface area contributed by atoms with Crippen molar-refractivity contribution < 1.29 is 12.9 Å². The van der Waals surface area contributed by atoms with E-state index in [4.69, 9.17) is 9.51 Å². The van der Waals surface area contributed by atoms with Crippen LogP contribution in [-0.4, -0.2) is 23.0 Å². The van der Waals surface area contributed by atoms with Gasteiger partial charge in [0.05, 0.1) is 11.4 Å². The van der Waals surface area contributed by atoms with E-state index in [-0.39, 0.29) is 5.75 Å². The molecule has 0 aliphatic rings. The fourth-order valence-electron chi connectivity index (χ4n) is 3.50. The number of para-hydroxylation sites is 2. The molecular weight excluding hydrogens is 400 g/mol. The SMILES string of the molecule is Cc1cccn2cc(-c3ccccc3NS(=O)(=O)Cc3noc4ccccc34)nc12. The van der Waals surface area contributed by atoms with Crippen molar-refractivity contribution in [3.63, 3.8) is 0 Å². The molecule has 0 saturated carbocycles. The van der Waals surface area contributed by atoms with E-state index in [9.17, 15) is 8.42 Å². The zero-order valence-electron chi connectivity index (χ0n) is 16.1. The fourth-order valence-corrected chi connectivity index (χ4v) is 4.66. The Bertz CT molecular complexity index is 1480. The lowest BCUT2D eigenvalue weighted by molar-refractivity contribution is 0.448. The van der Waals surface area contributed by atoms with Crippen molar-refractivity contribution in [3.8, 4) is 11.3 Å². The van der Waals surface area contributed by atoms with Gasteiger partial charge in [-0.05, 0) is 36.8 Å². The molecule has 0 spiro atoms. The van der Waals surface area contributed by atoms with Crippen LogP contribution in [0.1, 0.15) is 11.3 Å². The molecule has 5 aromatic rings.